The molecular weight excluding hydrogens is 308 g/mol. The largest absolute Gasteiger partial charge is 0.371 e. The minimum atomic E-state index is -0.334. The van der Waals surface area contributed by atoms with Crippen LogP contribution >= 0.6 is 0 Å². The third-order valence-electron chi connectivity index (χ3n) is 4.99. The number of benzene rings is 1. The molecule has 2 fully saturated rings. The normalized spacial score (nSPS) is 18.8. The van der Waals surface area contributed by atoms with Gasteiger partial charge in [0, 0.05) is 42.2 Å². The van der Waals surface area contributed by atoms with Crippen molar-refractivity contribution in [3.8, 4) is 0 Å². The molecule has 0 radical (unpaired) electrons. The summed E-state index contributed by atoms with van der Waals surface area (Å²) in [6, 6.07) is 5.33. The van der Waals surface area contributed by atoms with Gasteiger partial charge in [0.2, 0.25) is 5.89 Å². The molecule has 1 saturated heterocycles. The Kier molecular flexibility index (Phi) is 3.70. The maximum atomic E-state index is 10.9. The van der Waals surface area contributed by atoms with Crippen molar-refractivity contribution in [3.05, 3.63) is 45.6 Å². The topological polar surface area (TPSA) is 85.3 Å². The monoisotopic (exact) mass is 328 g/mol. The Labute approximate surface area is 139 Å². The Bertz CT molecular complexity index is 761. The fourth-order valence-corrected chi connectivity index (χ4v) is 3.35. The van der Waals surface area contributed by atoms with E-state index >= 15 is 0 Å². The highest BCUT2D eigenvalue weighted by atomic mass is 16.6. The number of nitro groups is 1. The fraction of sp³-hybridized carbons (Fsp3) is 0.529. The van der Waals surface area contributed by atoms with E-state index in [0.29, 0.717) is 17.4 Å². The molecule has 1 aliphatic heterocycles. The quantitative estimate of drug-likeness (QED) is 0.630. The predicted octanol–water partition coefficient (Wildman–Crippen LogP) is 3.55. The van der Waals surface area contributed by atoms with E-state index in [1.54, 1.807) is 13.0 Å². The Hall–Kier alpha value is -2.44. The van der Waals surface area contributed by atoms with Crippen molar-refractivity contribution in [1.29, 1.82) is 0 Å². The Morgan fingerprint density at radius 2 is 1.96 bits per heavy atom. The molecule has 2 heterocycles. The van der Waals surface area contributed by atoms with E-state index in [4.69, 9.17) is 4.52 Å². The number of piperidine rings is 1. The lowest BCUT2D eigenvalue weighted by Crippen LogP contribution is -2.33. The van der Waals surface area contributed by atoms with Crippen LogP contribution in [-0.2, 0) is 0 Å². The van der Waals surface area contributed by atoms with Crippen molar-refractivity contribution in [2.45, 2.75) is 44.4 Å². The summed E-state index contributed by atoms with van der Waals surface area (Å²) in [6.45, 7) is 3.58. The van der Waals surface area contributed by atoms with Crippen LogP contribution in [0.5, 0.6) is 0 Å². The highest BCUT2D eigenvalue weighted by molar-refractivity contribution is 5.55. The lowest BCUT2D eigenvalue weighted by molar-refractivity contribution is -0.385. The lowest BCUT2D eigenvalue weighted by atomic mass is 9.95. The molecule has 0 atom stereocenters. The number of nitro benzene ring substituents is 1. The van der Waals surface area contributed by atoms with Crippen molar-refractivity contribution in [2.24, 2.45) is 0 Å². The van der Waals surface area contributed by atoms with E-state index in [1.165, 1.54) is 12.8 Å². The van der Waals surface area contributed by atoms with Crippen molar-refractivity contribution >= 4 is 11.4 Å². The zero-order chi connectivity index (χ0) is 16.7. The van der Waals surface area contributed by atoms with Gasteiger partial charge in [0.05, 0.1) is 4.92 Å². The van der Waals surface area contributed by atoms with Crippen LogP contribution in [0.4, 0.5) is 11.4 Å². The number of aromatic nitrogens is 2. The van der Waals surface area contributed by atoms with Crippen LogP contribution in [-0.4, -0.2) is 28.2 Å². The second kappa shape index (κ2) is 5.89. The predicted molar refractivity (Wildman–Crippen MR) is 88.3 cm³/mol. The number of hydrogen-bond acceptors (Lipinski definition) is 6. The first-order valence-electron chi connectivity index (χ1n) is 8.45. The van der Waals surface area contributed by atoms with E-state index in [9.17, 15) is 10.1 Å². The minimum Gasteiger partial charge on any atom is -0.371 e. The van der Waals surface area contributed by atoms with Gasteiger partial charge in [-0.3, -0.25) is 10.1 Å². The molecule has 0 bridgehead atoms. The molecule has 126 valence electrons. The maximum Gasteiger partial charge on any atom is 0.272 e. The summed E-state index contributed by atoms with van der Waals surface area (Å²) in [5.41, 5.74) is 1.92. The van der Waals surface area contributed by atoms with Gasteiger partial charge in [-0.15, -0.1) is 0 Å². The molecule has 7 nitrogen and oxygen atoms in total. The van der Waals surface area contributed by atoms with E-state index < -0.39 is 0 Å². The van der Waals surface area contributed by atoms with Crippen LogP contribution < -0.4 is 4.90 Å². The zero-order valence-corrected chi connectivity index (χ0v) is 13.6. The molecule has 2 aliphatic rings. The molecule has 4 rings (SSSR count). The zero-order valence-electron chi connectivity index (χ0n) is 13.6. The van der Waals surface area contributed by atoms with E-state index in [1.807, 2.05) is 12.1 Å². The second-order valence-corrected chi connectivity index (χ2v) is 6.75. The van der Waals surface area contributed by atoms with Gasteiger partial charge in [-0.2, -0.15) is 4.98 Å². The van der Waals surface area contributed by atoms with Gasteiger partial charge in [0.1, 0.15) is 0 Å². The summed E-state index contributed by atoms with van der Waals surface area (Å²) in [5, 5.41) is 15.1. The summed E-state index contributed by atoms with van der Waals surface area (Å²) < 4.78 is 5.37. The summed E-state index contributed by atoms with van der Waals surface area (Å²) in [6.07, 6.45) is 4.28. The molecule has 0 amide bonds. The third kappa shape index (κ3) is 2.86. The molecule has 0 unspecified atom stereocenters. The number of anilines is 1. The Morgan fingerprint density at radius 1 is 1.21 bits per heavy atom. The number of rotatable bonds is 4. The number of aryl methyl sites for hydroxylation is 1. The first kappa shape index (κ1) is 15.1. The van der Waals surface area contributed by atoms with Gasteiger partial charge in [-0.1, -0.05) is 5.16 Å². The molecular formula is C17H20N4O3. The first-order chi connectivity index (χ1) is 11.6. The van der Waals surface area contributed by atoms with Gasteiger partial charge in [-0.25, -0.2) is 0 Å². The van der Waals surface area contributed by atoms with Crippen LogP contribution in [0.15, 0.2) is 22.7 Å². The van der Waals surface area contributed by atoms with Crippen molar-refractivity contribution in [2.75, 3.05) is 18.0 Å². The number of hydrogen-bond donors (Lipinski definition) is 0. The lowest BCUT2D eigenvalue weighted by Gasteiger charge is -2.32. The molecule has 24 heavy (non-hydrogen) atoms. The van der Waals surface area contributed by atoms with Crippen molar-refractivity contribution < 1.29 is 9.45 Å². The van der Waals surface area contributed by atoms with Crippen LogP contribution in [0.2, 0.25) is 0 Å². The Morgan fingerprint density at radius 3 is 2.58 bits per heavy atom. The summed E-state index contributed by atoms with van der Waals surface area (Å²) in [7, 11) is 0. The molecule has 0 N–H and O–H groups in total. The average Bonchev–Trinajstić information content (AvgIpc) is 3.32. The molecule has 2 aromatic rings. The highest BCUT2D eigenvalue weighted by Crippen LogP contribution is 2.40. The molecule has 0 spiro atoms. The van der Waals surface area contributed by atoms with Gasteiger partial charge < -0.3 is 9.42 Å². The summed E-state index contributed by atoms with van der Waals surface area (Å²) >= 11 is 0. The van der Waals surface area contributed by atoms with Crippen LogP contribution in [0.3, 0.4) is 0 Å². The Balaban J connectivity index is 1.41. The van der Waals surface area contributed by atoms with E-state index in [0.717, 1.165) is 43.3 Å². The summed E-state index contributed by atoms with van der Waals surface area (Å²) in [4.78, 5) is 17.4. The fourth-order valence-electron chi connectivity index (χ4n) is 3.35. The van der Waals surface area contributed by atoms with Crippen LogP contribution in [0.25, 0.3) is 0 Å². The SMILES string of the molecule is Cc1cc(N2CCC(c3noc(C4CC4)n3)CC2)ccc1[N+](=O)[O-]. The van der Waals surface area contributed by atoms with Crippen LogP contribution in [0, 0.1) is 17.0 Å². The molecule has 1 aromatic carbocycles. The standard InChI is InChI=1S/C17H20N4O3/c1-11-10-14(4-5-15(11)21(22)23)20-8-6-12(7-9-20)16-18-17(24-19-16)13-2-3-13/h4-5,10,12-13H,2-3,6-9H2,1H3. The molecule has 1 aromatic heterocycles. The smallest absolute Gasteiger partial charge is 0.272 e. The van der Waals surface area contributed by atoms with Crippen molar-refractivity contribution in [1.82, 2.24) is 10.1 Å². The maximum absolute atomic E-state index is 10.9. The van der Waals surface area contributed by atoms with Gasteiger partial charge in [0.15, 0.2) is 5.82 Å². The second-order valence-electron chi connectivity index (χ2n) is 6.75. The first-order valence-corrected chi connectivity index (χ1v) is 8.45. The molecule has 1 aliphatic carbocycles. The van der Waals surface area contributed by atoms with E-state index in [-0.39, 0.29) is 10.6 Å². The van der Waals surface area contributed by atoms with Gasteiger partial charge in [-0.05, 0) is 44.7 Å². The third-order valence-corrected chi connectivity index (χ3v) is 4.99. The van der Waals surface area contributed by atoms with Crippen LogP contribution in [0.1, 0.15) is 54.8 Å². The molecule has 1 saturated carbocycles. The summed E-state index contributed by atoms with van der Waals surface area (Å²) in [5.74, 6) is 2.49. The molecule has 7 heteroatoms. The highest BCUT2D eigenvalue weighted by Gasteiger charge is 2.32. The van der Waals surface area contributed by atoms with Gasteiger partial charge in [0.25, 0.3) is 5.69 Å². The minimum absolute atomic E-state index is 0.174. The average molecular weight is 328 g/mol. The van der Waals surface area contributed by atoms with Crippen molar-refractivity contribution in [3.63, 3.8) is 0 Å². The van der Waals surface area contributed by atoms with E-state index in [2.05, 4.69) is 15.0 Å². The van der Waals surface area contributed by atoms with Gasteiger partial charge >= 0.3 is 0 Å². The number of nitrogens with zero attached hydrogens (tertiary/aromatic N) is 4.